The maximum Gasteiger partial charge on any atom is 0.252 e. The van der Waals surface area contributed by atoms with Crippen molar-refractivity contribution in [2.75, 3.05) is 26.7 Å². The van der Waals surface area contributed by atoms with E-state index in [1.807, 2.05) is 12.1 Å². The van der Waals surface area contributed by atoms with E-state index < -0.39 is 0 Å². The average Bonchev–Trinajstić information content (AvgIpc) is 2.81. The topological polar surface area (TPSA) is 29.1 Å². The third-order valence-corrected chi connectivity index (χ3v) is 8.29. The van der Waals surface area contributed by atoms with Crippen LogP contribution in [0.3, 0.4) is 0 Å². The minimum atomic E-state index is 0.0871. The Kier molecular flexibility index (Phi) is 6.69. The number of fused-ring (bicyclic) bond motifs is 2. The largest absolute Gasteiger partial charge is 0.349 e. The molecule has 0 unspecified atom stereocenters. The lowest BCUT2D eigenvalue weighted by Gasteiger charge is -2.43. The van der Waals surface area contributed by atoms with E-state index in [-0.39, 0.29) is 11.9 Å². The number of nitrogens with zero attached hydrogens (tertiary/aromatic N) is 1. The number of hydrogen-bond donors (Lipinski definition) is 1. The van der Waals surface area contributed by atoms with Crippen molar-refractivity contribution in [3.05, 3.63) is 60.2 Å². The van der Waals surface area contributed by atoms with Gasteiger partial charge >= 0.3 is 0 Å². The van der Waals surface area contributed by atoms with Gasteiger partial charge in [-0.15, -0.1) is 0 Å². The van der Waals surface area contributed by atoms with Crippen molar-refractivity contribution >= 4 is 27.5 Å². The lowest BCUT2D eigenvalue weighted by Crippen LogP contribution is -2.55. The molecule has 1 aliphatic heterocycles. The van der Waals surface area contributed by atoms with Crippen LogP contribution in [-0.2, 0) is 0 Å². The van der Waals surface area contributed by atoms with Crippen LogP contribution in [0.5, 0.6) is 0 Å². The number of likely N-dealkylation sites (tertiary alicyclic amines) is 1. The minimum absolute atomic E-state index is 0.0871. The number of nitrogens with one attached hydrogen (secondary N) is 1. The number of carbonyl (C=O) groups excluding carboxylic acids is 1. The molecule has 1 amide bonds. The van der Waals surface area contributed by atoms with Gasteiger partial charge in [-0.2, -0.15) is 0 Å². The molecule has 2 aliphatic rings. The maximum absolute atomic E-state index is 13.6. The normalized spacial score (nSPS) is 24.9. The first kappa shape index (κ1) is 22.4. The van der Waals surface area contributed by atoms with E-state index in [0.29, 0.717) is 0 Å². The van der Waals surface area contributed by atoms with Gasteiger partial charge < -0.3 is 9.80 Å². The summed E-state index contributed by atoms with van der Waals surface area (Å²) in [6.45, 7) is 3.68. The fourth-order valence-electron chi connectivity index (χ4n) is 6.38. The average molecular weight is 444 g/mol. The van der Waals surface area contributed by atoms with E-state index >= 15 is 0 Å². The molecule has 33 heavy (non-hydrogen) atoms. The first-order valence-electron chi connectivity index (χ1n) is 13.2. The molecule has 174 valence electrons. The summed E-state index contributed by atoms with van der Waals surface area (Å²) in [6, 6.07) is 19.0. The Hall–Kier alpha value is -2.39. The van der Waals surface area contributed by atoms with Crippen molar-refractivity contribution in [3.8, 4) is 0 Å². The van der Waals surface area contributed by atoms with Gasteiger partial charge in [-0.3, -0.25) is 4.79 Å². The molecule has 3 aromatic rings. The van der Waals surface area contributed by atoms with Gasteiger partial charge in [0.05, 0.1) is 32.2 Å². The molecule has 5 rings (SSSR count). The third kappa shape index (κ3) is 5.09. The predicted octanol–water partition coefficient (Wildman–Crippen LogP) is 6.69. The summed E-state index contributed by atoms with van der Waals surface area (Å²) < 4.78 is 1.19. The van der Waals surface area contributed by atoms with Gasteiger partial charge in [0.1, 0.15) is 0 Å². The second-order valence-electron chi connectivity index (χ2n) is 10.9. The van der Waals surface area contributed by atoms with Crippen molar-refractivity contribution in [2.24, 2.45) is 5.92 Å². The molecule has 0 aromatic heterocycles. The van der Waals surface area contributed by atoms with E-state index in [4.69, 9.17) is 0 Å². The van der Waals surface area contributed by atoms with E-state index in [0.717, 1.165) is 45.9 Å². The number of rotatable bonds is 4. The second kappa shape index (κ2) is 9.85. The summed E-state index contributed by atoms with van der Waals surface area (Å²) in [5.41, 5.74) is 0.834. The summed E-state index contributed by atoms with van der Waals surface area (Å²) >= 11 is 0. The Morgan fingerprint density at radius 1 is 0.818 bits per heavy atom. The predicted molar refractivity (Wildman–Crippen MR) is 139 cm³/mol. The Bertz CT molecular complexity index is 1050. The lowest BCUT2D eigenvalue weighted by atomic mass is 9.89. The molecule has 0 atom stereocenters. The quantitative estimate of drug-likeness (QED) is 0.353. The molecule has 2 fully saturated rings. The molecule has 1 saturated carbocycles. The number of carbonyl (C=O) groups is 1. The van der Waals surface area contributed by atoms with E-state index in [2.05, 4.69) is 54.8 Å². The molecule has 1 heterocycles. The highest BCUT2D eigenvalue weighted by Gasteiger charge is 2.33. The summed E-state index contributed by atoms with van der Waals surface area (Å²) in [4.78, 5) is 13.6. The standard InChI is InChI=1S/C30H38N2O/c1-32(22-23-11-5-3-2-4-6-12-23)19-17-26(18-20-32)31-30(33)29-27-15-9-7-13-24(27)21-25-14-8-10-16-28(25)29/h7-10,13-16,21,23,26H,2-6,11-12,17-20,22H2,1H3/p+1. The lowest BCUT2D eigenvalue weighted by molar-refractivity contribution is -0.917. The number of quaternary nitrogens is 1. The zero-order valence-corrected chi connectivity index (χ0v) is 20.2. The first-order valence-corrected chi connectivity index (χ1v) is 13.2. The molecule has 1 aliphatic carbocycles. The van der Waals surface area contributed by atoms with E-state index in [1.165, 1.54) is 69.1 Å². The highest BCUT2D eigenvalue weighted by Crippen LogP contribution is 2.30. The summed E-state index contributed by atoms with van der Waals surface area (Å²) in [7, 11) is 2.45. The third-order valence-electron chi connectivity index (χ3n) is 8.29. The first-order chi connectivity index (χ1) is 16.1. The van der Waals surface area contributed by atoms with Crippen LogP contribution in [0.15, 0.2) is 54.6 Å². The minimum Gasteiger partial charge on any atom is -0.349 e. The van der Waals surface area contributed by atoms with Gasteiger partial charge in [0.15, 0.2) is 0 Å². The molecule has 3 heteroatoms. The molecule has 1 saturated heterocycles. The molecule has 0 spiro atoms. The molecular weight excluding hydrogens is 404 g/mol. The van der Waals surface area contributed by atoms with Crippen LogP contribution < -0.4 is 5.32 Å². The summed E-state index contributed by atoms with van der Waals surface area (Å²) in [5.74, 6) is 0.979. The van der Waals surface area contributed by atoms with E-state index in [9.17, 15) is 4.79 Å². The summed E-state index contributed by atoms with van der Waals surface area (Å²) in [5, 5.41) is 7.80. The van der Waals surface area contributed by atoms with Crippen molar-refractivity contribution in [2.45, 2.75) is 63.8 Å². The Labute approximate surface area is 198 Å². The van der Waals surface area contributed by atoms with Gasteiger partial charge in [-0.25, -0.2) is 0 Å². The fourth-order valence-corrected chi connectivity index (χ4v) is 6.38. The second-order valence-corrected chi connectivity index (χ2v) is 10.9. The van der Waals surface area contributed by atoms with E-state index in [1.54, 1.807) is 0 Å². The fraction of sp³-hybridized carbons (Fsp3) is 0.500. The zero-order valence-electron chi connectivity index (χ0n) is 20.2. The van der Waals surface area contributed by atoms with Crippen LogP contribution in [-0.4, -0.2) is 43.1 Å². The van der Waals surface area contributed by atoms with Gasteiger partial charge in [-0.05, 0) is 40.5 Å². The van der Waals surface area contributed by atoms with Crippen molar-refractivity contribution in [1.29, 1.82) is 0 Å². The monoisotopic (exact) mass is 443 g/mol. The van der Waals surface area contributed by atoms with Crippen LogP contribution in [0.1, 0.15) is 68.1 Å². The Morgan fingerprint density at radius 3 is 1.97 bits per heavy atom. The number of amides is 1. The number of benzene rings is 3. The van der Waals surface area contributed by atoms with Gasteiger partial charge in [0, 0.05) is 24.8 Å². The van der Waals surface area contributed by atoms with Crippen molar-refractivity contribution < 1.29 is 9.28 Å². The molecule has 3 aromatic carbocycles. The van der Waals surface area contributed by atoms with Crippen LogP contribution in [0.4, 0.5) is 0 Å². The summed E-state index contributed by atoms with van der Waals surface area (Å²) in [6.07, 6.45) is 12.1. The molecule has 1 N–H and O–H groups in total. The van der Waals surface area contributed by atoms with Crippen molar-refractivity contribution in [3.63, 3.8) is 0 Å². The highest BCUT2D eigenvalue weighted by atomic mass is 16.1. The van der Waals surface area contributed by atoms with Gasteiger partial charge in [0.25, 0.3) is 5.91 Å². The Morgan fingerprint density at radius 2 is 1.36 bits per heavy atom. The SMILES string of the molecule is C[N+]1(CC2CCCCCCC2)CCC(NC(=O)c2c3ccccc3cc3ccccc23)CC1. The van der Waals surface area contributed by atoms with Crippen LogP contribution in [0.2, 0.25) is 0 Å². The van der Waals surface area contributed by atoms with Crippen LogP contribution in [0, 0.1) is 5.92 Å². The van der Waals surface area contributed by atoms with Crippen LogP contribution >= 0.6 is 0 Å². The molecule has 0 radical (unpaired) electrons. The Balaban J connectivity index is 1.27. The van der Waals surface area contributed by atoms with Crippen molar-refractivity contribution in [1.82, 2.24) is 5.32 Å². The van der Waals surface area contributed by atoms with Gasteiger partial charge in [-0.1, -0.05) is 80.6 Å². The molecule has 3 nitrogen and oxygen atoms in total. The smallest absolute Gasteiger partial charge is 0.252 e. The zero-order chi connectivity index (χ0) is 22.7. The van der Waals surface area contributed by atoms with Gasteiger partial charge in [0.2, 0.25) is 0 Å². The molecule has 0 bridgehead atoms. The highest BCUT2D eigenvalue weighted by molar-refractivity contribution is 6.18. The maximum atomic E-state index is 13.6. The number of piperidine rings is 1. The molecular formula is C30H39N2O+. The van der Waals surface area contributed by atoms with Crippen LogP contribution in [0.25, 0.3) is 21.5 Å². The number of hydrogen-bond acceptors (Lipinski definition) is 1.